The van der Waals surface area contributed by atoms with Crippen LogP contribution in [0.15, 0.2) is 18.2 Å². The van der Waals surface area contributed by atoms with Crippen LogP contribution in [0, 0.1) is 5.82 Å². The number of nitrogens with one attached hydrogen (secondary N) is 1. The maximum absolute atomic E-state index is 13.1. The van der Waals surface area contributed by atoms with Gasteiger partial charge in [0.05, 0.1) is 11.0 Å². The highest BCUT2D eigenvalue weighted by molar-refractivity contribution is 5.75. The summed E-state index contributed by atoms with van der Waals surface area (Å²) in [6, 6.07) is 4.75. The summed E-state index contributed by atoms with van der Waals surface area (Å²) < 4.78 is 13.1. The summed E-state index contributed by atoms with van der Waals surface area (Å²) in [5.41, 5.74) is 7.62. The normalized spacial score (nSPS) is 29.0. The second kappa shape index (κ2) is 3.53. The predicted octanol–water partition coefficient (Wildman–Crippen LogP) is 2.47. The van der Waals surface area contributed by atoms with Crippen LogP contribution in [-0.4, -0.2) is 16.0 Å². The first-order chi connectivity index (χ1) is 8.09. The molecule has 3 rings (SSSR count). The van der Waals surface area contributed by atoms with Crippen LogP contribution in [0.5, 0.6) is 0 Å². The summed E-state index contributed by atoms with van der Waals surface area (Å²) in [6.45, 7) is 2.14. The highest BCUT2D eigenvalue weighted by Gasteiger charge is 2.40. The minimum Gasteiger partial charge on any atom is -0.341 e. The summed E-state index contributed by atoms with van der Waals surface area (Å²) in [6.07, 6.45) is 3.20. The second-order valence-corrected chi connectivity index (χ2v) is 5.16. The van der Waals surface area contributed by atoms with Crippen LogP contribution in [0.2, 0.25) is 0 Å². The van der Waals surface area contributed by atoms with E-state index in [1.54, 1.807) is 6.07 Å². The Balaban J connectivity index is 2.12. The molecular formula is C13H16FN3. The van der Waals surface area contributed by atoms with Crippen LogP contribution in [0.1, 0.15) is 32.0 Å². The Morgan fingerprint density at radius 2 is 2.35 bits per heavy atom. The molecule has 17 heavy (non-hydrogen) atoms. The van der Waals surface area contributed by atoms with Crippen molar-refractivity contribution in [1.29, 1.82) is 0 Å². The van der Waals surface area contributed by atoms with E-state index in [1.807, 2.05) is 0 Å². The zero-order chi connectivity index (χ0) is 12.0. The number of nitrogens with zero attached hydrogens (tertiary/aromatic N) is 1. The van der Waals surface area contributed by atoms with E-state index < -0.39 is 0 Å². The molecule has 2 unspecified atom stereocenters. The molecule has 90 valence electrons. The van der Waals surface area contributed by atoms with Gasteiger partial charge in [-0.1, -0.05) is 13.3 Å². The molecule has 1 saturated carbocycles. The van der Waals surface area contributed by atoms with Crippen LogP contribution in [0.25, 0.3) is 11.0 Å². The van der Waals surface area contributed by atoms with Gasteiger partial charge >= 0.3 is 0 Å². The van der Waals surface area contributed by atoms with E-state index in [2.05, 4.69) is 16.9 Å². The van der Waals surface area contributed by atoms with Gasteiger partial charge in [-0.25, -0.2) is 9.37 Å². The second-order valence-electron chi connectivity index (χ2n) is 5.16. The Morgan fingerprint density at radius 3 is 3.06 bits per heavy atom. The fourth-order valence-corrected chi connectivity index (χ4v) is 2.74. The van der Waals surface area contributed by atoms with Crippen molar-refractivity contribution in [3.8, 4) is 0 Å². The number of rotatable bonds is 1. The molecule has 3 nitrogen and oxygen atoms in total. The van der Waals surface area contributed by atoms with Gasteiger partial charge in [-0.05, 0) is 31.0 Å². The zero-order valence-corrected chi connectivity index (χ0v) is 9.83. The molecule has 1 aliphatic rings. The highest BCUT2D eigenvalue weighted by atomic mass is 19.1. The summed E-state index contributed by atoms with van der Waals surface area (Å²) in [7, 11) is 0. The number of imidazole rings is 1. The molecule has 0 saturated heterocycles. The minimum atomic E-state index is -0.242. The SMILES string of the molecule is CC1(c2nc3ccc(F)cc3[nH]2)CCCC1N. The van der Waals surface area contributed by atoms with E-state index in [4.69, 9.17) is 5.73 Å². The predicted molar refractivity (Wildman–Crippen MR) is 65.2 cm³/mol. The highest BCUT2D eigenvalue weighted by Crippen LogP contribution is 2.38. The maximum Gasteiger partial charge on any atom is 0.125 e. The summed E-state index contributed by atoms with van der Waals surface area (Å²) in [5, 5.41) is 0. The van der Waals surface area contributed by atoms with Gasteiger partial charge in [0.15, 0.2) is 0 Å². The summed E-state index contributed by atoms with van der Waals surface area (Å²) >= 11 is 0. The number of benzene rings is 1. The Bertz CT molecular complexity index is 563. The number of halogens is 1. The van der Waals surface area contributed by atoms with E-state index in [1.165, 1.54) is 12.1 Å². The lowest BCUT2D eigenvalue weighted by Crippen LogP contribution is -2.39. The van der Waals surface area contributed by atoms with E-state index in [-0.39, 0.29) is 17.3 Å². The van der Waals surface area contributed by atoms with Gasteiger partial charge in [-0.2, -0.15) is 0 Å². The van der Waals surface area contributed by atoms with Crippen LogP contribution in [0.3, 0.4) is 0 Å². The molecule has 0 radical (unpaired) electrons. The molecule has 0 amide bonds. The van der Waals surface area contributed by atoms with Crippen LogP contribution in [-0.2, 0) is 5.41 Å². The lowest BCUT2D eigenvalue weighted by atomic mass is 9.84. The summed E-state index contributed by atoms with van der Waals surface area (Å²) in [4.78, 5) is 7.77. The van der Waals surface area contributed by atoms with Crippen LogP contribution in [0.4, 0.5) is 4.39 Å². The number of hydrogen-bond donors (Lipinski definition) is 2. The van der Waals surface area contributed by atoms with Gasteiger partial charge in [0, 0.05) is 11.5 Å². The molecule has 4 heteroatoms. The number of aromatic nitrogens is 2. The van der Waals surface area contributed by atoms with Gasteiger partial charge in [0.1, 0.15) is 11.6 Å². The fourth-order valence-electron chi connectivity index (χ4n) is 2.74. The Morgan fingerprint density at radius 1 is 1.53 bits per heavy atom. The van der Waals surface area contributed by atoms with Crippen molar-refractivity contribution in [1.82, 2.24) is 9.97 Å². The molecule has 1 fully saturated rings. The lowest BCUT2D eigenvalue weighted by Gasteiger charge is -2.26. The molecule has 1 aromatic carbocycles. The number of H-pyrrole nitrogens is 1. The number of aromatic amines is 1. The van der Waals surface area contributed by atoms with Gasteiger partial charge in [-0.15, -0.1) is 0 Å². The number of hydrogen-bond acceptors (Lipinski definition) is 2. The van der Waals surface area contributed by atoms with Crippen molar-refractivity contribution in [2.24, 2.45) is 5.73 Å². The zero-order valence-electron chi connectivity index (χ0n) is 9.83. The molecular weight excluding hydrogens is 217 g/mol. The fraction of sp³-hybridized carbons (Fsp3) is 0.462. The maximum atomic E-state index is 13.1. The Labute approximate surface area is 99.2 Å². The van der Waals surface area contributed by atoms with Crippen molar-refractivity contribution in [3.63, 3.8) is 0 Å². The van der Waals surface area contributed by atoms with Crippen LogP contribution >= 0.6 is 0 Å². The molecule has 1 aromatic heterocycles. The molecule has 2 atom stereocenters. The van der Waals surface area contributed by atoms with E-state index in [9.17, 15) is 4.39 Å². The molecule has 1 heterocycles. The van der Waals surface area contributed by atoms with Gasteiger partial charge in [0.2, 0.25) is 0 Å². The van der Waals surface area contributed by atoms with E-state index in [0.717, 1.165) is 36.1 Å². The largest absolute Gasteiger partial charge is 0.341 e. The van der Waals surface area contributed by atoms with Crippen molar-refractivity contribution >= 4 is 11.0 Å². The first-order valence-electron chi connectivity index (χ1n) is 6.01. The smallest absolute Gasteiger partial charge is 0.125 e. The molecule has 0 spiro atoms. The van der Waals surface area contributed by atoms with Crippen molar-refractivity contribution in [2.45, 2.75) is 37.6 Å². The Kier molecular flexibility index (Phi) is 2.23. The van der Waals surface area contributed by atoms with Gasteiger partial charge in [-0.3, -0.25) is 0 Å². The van der Waals surface area contributed by atoms with Crippen molar-refractivity contribution in [3.05, 3.63) is 29.8 Å². The topological polar surface area (TPSA) is 54.7 Å². The van der Waals surface area contributed by atoms with Crippen LogP contribution < -0.4 is 5.73 Å². The first kappa shape index (κ1) is 10.7. The third-order valence-corrected chi connectivity index (χ3v) is 4.01. The van der Waals surface area contributed by atoms with Gasteiger partial charge < -0.3 is 10.7 Å². The quantitative estimate of drug-likeness (QED) is 0.795. The Hall–Kier alpha value is -1.42. The van der Waals surface area contributed by atoms with Gasteiger partial charge in [0.25, 0.3) is 0 Å². The standard InChI is InChI=1S/C13H16FN3/c1-13(6-2-3-11(13)15)12-16-9-5-4-8(14)7-10(9)17-12/h4-5,7,11H,2-3,6,15H2,1H3,(H,16,17). The van der Waals surface area contributed by atoms with E-state index >= 15 is 0 Å². The number of fused-ring (bicyclic) bond motifs is 1. The molecule has 0 aliphatic heterocycles. The molecule has 2 aromatic rings. The number of nitrogens with two attached hydrogens (primary N) is 1. The molecule has 1 aliphatic carbocycles. The third kappa shape index (κ3) is 1.55. The monoisotopic (exact) mass is 233 g/mol. The molecule has 0 bridgehead atoms. The minimum absolute atomic E-state index is 0.102. The average Bonchev–Trinajstić information content (AvgIpc) is 2.84. The summed E-state index contributed by atoms with van der Waals surface area (Å²) in [5.74, 6) is 0.650. The molecule has 3 N–H and O–H groups in total. The first-order valence-corrected chi connectivity index (χ1v) is 6.01. The van der Waals surface area contributed by atoms with Crippen molar-refractivity contribution in [2.75, 3.05) is 0 Å². The van der Waals surface area contributed by atoms with Crippen molar-refractivity contribution < 1.29 is 4.39 Å². The third-order valence-electron chi connectivity index (χ3n) is 4.01. The van der Waals surface area contributed by atoms with E-state index in [0.29, 0.717) is 0 Å². The lowest BCUT2D eigenvalue weighted by molar-refractivity contribution is 0.409. The average molecular weight is 233 g/mol.